The molecule has 32 heavy (non-hydrogen) atoms. The summed E-state index contributed by atoms with van der Waals surface area (Å²) in [6, 6.07) is 17.1. The van der Waals surface area contributed by atoms with E-state index in [4.69, 9.17) is 16.3 Å². The van der Waals surface area contributed by atoms with Crippen LogP contribution in [0.3, 0.4) is 0 Å². The molecule has 1 unspecified atom stereocenters. The number of rotatable bonds is 4. The van der Waals surface area contributed by atoms with Crippen molar-refractivity contribution in [2.75, 3.05) is 12.0 Å². The van der Waals surface area contributed by atoms with E-state index in [1.807, 2.05) is 19.1 Å². The van der Waals surface area contributed by atoms with E-state index < -0.39 is 23.5 Å². The van der Waals surface area contributed by atoms with E-state index in [9.17, 15) is 19.8 Å². The van der Waals surface area contributed by atoms with Crippen molar-refractivity contribution in [1.29, 1.82) is 0 Å². The van der Waals surface area contributed by atoms with Gasteiger partial charge in [0.05, 0.1) is 23.7 Å². The van der Waals surface area contributed by atoms with Gasteiger partial charge in [0.1, 0.15) is 17.3 Å². The van der Waals surface area contributed by atoms with Crippen molar-refractivity contribution in [3.05, 3.63) is 94.0 Å². The number of nitrogens with zero attached hydrogens (tertiary/aromatic N) is 1. The van der Waals surface area contributed by atoms with Crippen LogP contribution < -0.4 is 9.64 Å². The van der Waals surface area contributed by atoms with Crippen LogP contribution in [0.25, 0.3) is 5.76 Å². The van der Waals surface area contributed by atoms with Crippen LogP contribution in [0.4, 0.5) is 5.69 Å². The number of carbonyl (C=O) groups is 2. The molecule has 1 atom stereocenters. The number of phenolic OH excluding ortho intramolecular Hbond substituents is 1. The summed E-state index contributed by atoms with van der Waals surface area (Å²) in [5, 5.41) is 21.2. The molecular formula is C25H20ClNO5. The number of amides is 1. The molecule has 1 aliphatic rings. The monoisotopic (exact) mass is 449 g/mol. The standard InChI is InChI=1S/C25H20ClNO5/c1-14-5-3-4-6-20(14)27-22(15-7-9-16(28)10-8-15)21(24(30)25(27)31)23(29)18-13-17(32-2)11-12-19(18)26/h3-13,22,28-29H,1-2H3/b23-21+. The third-order valence-corrected chi connectivity index (χ3v) is 5.79. The van der Waals surface area contributed by atoms with Crippen molar-refractivity contribution in [1.82, 2.24) is 0 Å². The minimum absolute atomic E-state index is 0.0393. The van der Waals surface area contributed by atoms with Gasteiger partial charge in [-0.3, -0.25) is 14.5 Å². The highest BCUT2D eigenvalue weighted by Crippen LogP contribution is 2.44. The van der Waals surface area contributed by atoms with Crippen molar-refractivity contribution in [2.45, 2.75) is 13.0 Å². The second-order valence-electron chi connectivity index (χ2n) is 7.39. The van der Waals surface area contributed by atoms with Crippen molar-refractivity contribution in [3.8, 4) is 11.5 Å². The minimum atomic E-state index is -0.918. The first-order valence-electron chi connectivity index (χ1n) is 9.83. The molecule has 1 saturated heterocycles. The van der Waals surface area contributed by atoms with Crippen LogP contribution in [0.2, 0.25) is 5.02 Å². The molecule has 1 fully saturated rings. The predicted molar refractivity (Wildman–Crippen MR) is 122 cm³/mol. The number of halogens is 1. The summed E-state index contributed by atoms with van der Waals surface area (Å²) >= 11 is 6.31. The van der Waals surface area contributed by atoms with Crippen LogP contribution in [0.1, 0.15) is 22.7 Å². The molecule has 7 heteroatoms. The fourth-order valence-corrected chi connectivity index (χ4v) is 4.05. The Hall–Kier alpha value is -3.77. The van der Waals surface area contributed by atoms with E-state index in [2.05, 4.69) is 0 Å². The molecule has 1 aliphatic heterocycles. The number of aliphatic hydroxyl groups excluding tert-OH is 1. The molecule has 3 aromatic rings. The van der Waals surface area contributed by atoms with Crippen LogP contribution in [0.15, 0.2) is 72.3 Å². The number of hydrogen-bond acceptors (Lipinski definition) is 5. The number of aryl methyl sites for hydroxylation is 1. The van der Waals surface area contributed by atoms with Gasteiger partial charge in [-0.15, -0.1) is 0 Å². The quantitative estimate of drug-likeness (QED) is 0.333. The Morgan fingerprint density at radius 2 is 1.72 bits per heavy atom. The summed E-state index contributed by atoms with van der Waals surface area (Å²) in [4.78, 5) is 27.8. The molecule has 0 aromatic heterocycles. The number of benzene rings is 3. The van der Waals surface area contributed by atoms with Gasteiger partial charge in [0.2, 0.25) is 0 Å². The summed E-state index contributed by atoms with van der Waals surface area (Å²) < 4.78 is 5.22. The highest BCUT2D eigenvalue weighted by Gasteiger charge is 2.47. The van der Waals surface area contributed by atoms with Gasteiger partial charge < -0.3 is 14.9 Å². The van der Waals surface area contributed by atoms with Crippen LogP contribution in [0, 0.1) is 6.92 Å². The Bertz CT molecular complexity index is 1250. The number of hydrogen-bond donors (Lipinski definition) is 2. The number of carbonyl (C=O) groups excluding carboxylic acids is 2. The summed E-state index contributed by atoms with van der Waals surface area (Å²) in [5.74, 6) is -1.52. The SMILES string of the molecule is COc1ccc(Cl)c(/C(O)=C2\C(=O)C(=O)N(c3ccccc3C)C2c2ccc(O)cc2)c1. The highest BCUT2D eigenvalue weighted by molar-refractivity contribution is 6.52. The van der Waals surface area contributed by atoms with E-state index in [1.165, 1.54) is 30.2 Å². The van der Waals surface area contributed by atoms with Gasteiger partial charge in [-0.2, -0.15) is 0 Å². The molecule has 0 saturated carbocycles. The van der Waals surface area contributed by atoms with Crippen molar-refractivity contribution in [2.24, 2.45) is 0 Å². The maximum atomic E-state index is 13.2. The third kappa shape index (κ3) is 3.59. The third-order valence-electron chi connectivity index (χ3n) is 5.46. The fourth-order valence-electron chi connectivity index (χ4n) is 3.84. The summed E-state index contributed by atoms with van der Waals surface area (Å²) in [7, 11) is 1.47. The van der Waals surface area contributed by atoms with Crippen LogP contribution >= 0.6 is 11.6 Å². The van der Waals surface area contributed by atoms with Crippen molar-refractivity contribution in [3.63, 3.8) is 0 Å². The number of aromatic hydroxyl groups is 1. The van der Waals surface area contributed by atoms with Gasteiger partial charge in [-0.1, -0.05) is 41.9 Å². The molecule has 0 bridgehead atoms. The Kier molecular flexibility index (Phi) is 5.63. The summed E-state index contributed by atoms with van der Waals surface area (Å²) in [5.41, 5.74) is 1.96. The second kappa shape index (κ2) is 8.40. The fraction of sp³-hybridized carbons (Fsp3) is 0.120. The molecule has 1 amide bonds. The Labute approximate surface area is 189 Å². The maximum Gasteiger partial charge on any atom is 0.300 e. The molecule has 0 aliphatic carbocycles. The van der Waals surface area contributed by atoms with E-state index >= 15 is 0 Å². The lowest BCUT2D eigenvalue weighted by Crippen LogP contribution is -2.30. The zero-order valence-electron chi connectivity index (χ0n) is 17.4. The number of methoxy groups -OCH3 is 1. The van der Waals surface area contributed by atoms with Crippen molar-refractivity contribution < 1.29 is 24.5 Å². The zero-order valence-corrected chi connectivity index (χ0v) is 18.1. The molecule has 0 radical (unpaired) electrons. The molecule has 2 N–H and O–H groups in total. The lowest BCUT2D eigenvalue weighted by molar-refractivity contribution is -0.132. The normalized spacial score (nSPS) is 17.6. The molecule has 4 rings (SSSR count). The number of anilines is 1. The van der Waals surface area contributed by atoms with Gasteiger partial charge >= 0.3 is 0 Å². The average molecular weight is 450 g/mol. The van der Waals surface area contributed by atoms with E-state index in [1.54, 1.807) is 36.4 Å². The lowest BCUT2D eigenvalue weighted by Gasteiger charge is -2.26. The first kappa shape index (κ1) is 21.5. The lowest BCUT2D eigenvalue weighted by atomic mass is 9.94. The maximum absolute atomic E-state index is 13.2. The second-order valence-corrected chi connectivity index (χ2v) is 7.80. The molecular weight excluding hydrogens is 430 g/mol. The first-order chi connectivity index (χ1) is 15.3. The number of phenols is 1. The minimum Gasteiger partial charge on any atom is -0.508 e. The van der Waals surface area contributed by atoms with Gasteiger partial charge in [0.25, 0.3) is 11.7 Å². The number of ether oxygens (including phenoxy) is 1. The smallest absolute Gasteiger partial charge is 0.300 e. The van der Waals surface area contributed by atoms with Gasteiger partial charge in [0, 0.05) is 11.3 Å². The van der Waals surface area contributed by atoms with Gasteiger partial charge in [-0.25, -0.2) is 0 Å². The van der Waals surface area contributed by atoms with Crippen molar-refractivity contribution >= 4 is 34.7 Å². The molecule has 6 nitrogen and oxygen atoms in total. The molecule has 162 valence electrons. The first-order valence-corrected chi connectivity index (χ1v) is 10.2. The van der Waals surface area contributed by atoms with Crippen LogP contribution in [-0.4, -0.2) is 29.0 Å². The Morgan fingerprint density at radius 1 is 1.03 bits per heavy atom. The van der Waals surface area contributed by atoms with Gasteiger partial charge in [0.15, 0.2) is 0 Å². The van der Waals surface area contributed by atoms with Gasteiger partial charge in [-0.05, 0) is 54.4 Å². The average Bonchev–Trinajstić information content (AvgIpc) is 3.05. The topological polar surface area (TPSA) is 87.1 Å². The Morgan fingerprint density at radius 3 is 2.38 bits per heavy atom. The molecule has 1 heterocycles. The molecule has 0 spiro atoms. The highest BCUT2D eigenvalue weighted by atomic mass is 35.5. The Balaban J connectivity index is 1.99. The summed E-state index contributed by atoms with van der Waals surface area (Å²) in [6.07, 6.45) is 0. The molecule has 3 aromatic carbocycles. The number of aliphatic hydroxyl groups is 1. The largest absolute Gasteiger partial charge is 0.508 e. The van der Waals surface area contributed by atoms with E-state index in [-0.39, 0.29) is 21.9 Å². The van der Waals surface area contributed by atoms with Crippen LogP contribution in [0.5, 0.6) is 11.5 Å². The van der Waals surface area contributed by atoms with Crippen LogP contribution in [-0.2, 0) is 9.59 Å². The number of para-hydroxylation sites is 1. The zero-order chi connectivity index (χ0) is 23.0. The van der Waals surface area contributed by atoms with E-state index in [0.29, 0.717) is 17.0 Å². The van der Waals surface area contributed by atoms with E-state index in [0.717, 1.165) is 5.56 Å². The summed E-state index contributed by atoms with van der Waals surface area (Å²) in [6.45, 7) is 1.83. The number of ketones is 1. The number of Topliss-reactive ketones (excluding diaryl/α,β-unsaturated/α-hetero) is 1. The predicted octanol–water partition coefficient (Wildman–Crippen LogP) is 4.99.